The second-order valence-corrected chi connectivity index (χ2v) is 11.9. The highest BCUT2D eigenvalue weighted by Gasteiger charge is 2.47. The number of hydrogen-bond acceptors (Lipinski definition) is 1. The lowest BCUT2D eigenvalue weighted by atomic mass is 9.82. The van der Waals surface area contributed by atoms with Gasteiger partial charge in [0.05, 0.1) is 16.6 Å². The van der Waals surface area contributed by atoms with Crippen LogP contribution in [0.1, 0.15) is 30.5 Å². The van der Waals surface area contributed by atoms with E-state index in [-0.39, 0.29) is 6.42 Å². The van der Waals surface area contributed by atoms with Crippen LogP contribution in [-0.2, 0) is 6.42 Å². The molecule has 6 rings (SSSR count). The molecule has 1 nitrogen and oxygen atoms in total. The van der Waals surface area contributed by atoms with Gasteiger partial charge in [0, 0.05) is 10.9 Å². The fraction of sp³-hybridized carbons (Fsp3) is 0.184. The lowest BCUT2D eigenvalue weighted by Gasteiger charge is -2.28. The van der Waals surface area contributed by atoms with Gasteiger partial charge in [-0.3, -0.25) is 0 Å². The zero-order valence-corrected chi connectivity index (χ0v) is 24.2. The average molecular weight is 560 g/mol. The van der Waals surface area contributed by atoms with Gasteiger partial charge < -0.3 is 0 Å². The maximum atomic E-state index is 14.0. The molecule has 5 aromatic carbocycles. The summed E-state index contributed by atoms with van der Waals surface area (Å²) in [4.78, 5) is 5.03. The molecule has 0 aliphatic rings. The summed E-state index contributed by atoms with van der Waals surface area (Å²) in [6, 6.07) is 37.1. The first-order valence-electron chi connectivity index (χ1n) is 14.2. The van der Waals surface area contributed by atoms with Crippen molar-refractivity contribution in [2.24, 2.45) is 5.41 Å². The van der Waals surface area contributed by atoms with Gasteiger partial charge in [0.15, 0.2) is 0 Å². The Bertz CT molecular complexity index is 1920. The van der Waals surface area contributed by atoms with Crippen molar-refractivity contribution in [2.75, 3.05) is 0 Å². The maximum Gasteiger partial charge on any atom is 0.394 e. The summed E-state index contributed by atoms with van der Waals surface area (Å²) < 4.78 is 42.1. The van der Waals surface area contributed by atoms with Gasteiger partial charge in [-0.25, -0.2) is 4.98 Å². The van der Waals surface area contributed by atoms with Crippen molar-refractivity contribution < 1.29 is 13.2 Å². The van der Waals surface area contributed by atoms with E-state index in [0.29, 0.717) is 11.3 Å². The van der Waals surface area contributed by atoms with Crippen LogP contribution in [0, 0.1) is 19.3 Å². The number of fused-ring (bicyclic) bond motifs is 2. The molecule has 0 saturated carbocycles. The molecule has 0 bridgehead atoms. The zero-order chi connectivity index (χ0) is 29.6. The maximum absolute atomic E-state index is 14.0. The second-order valence-electron chi connectivity index (χ2n) is 11.9. The van der Waals surface area contributed by atoms with Gasteiger partial charge in [-0.05, 0) is 94.3 Å². The summed E-state index contributed by atoms with van der Waals surface area (Å²) in [7, 11) is 0. The molecule has 1 aromatic heterocycles. The molecule has 6 aromatic rings. The fourth-order valence-corrected chi connectivity index (χ4v) is 5.88. The molecule has 1 heterocycles. The number of hydrogen-bond donors (Lipinski definition) is 0. The molecule has 0 aliphatic heterocycles. The van der Waals surface area contributed by atoms with Gasteiger partial charge in [0.1, 0.15) is 0 Å². The molecule has 0 aliphatic carbocycles. The van der Waals surface area contributed by atoms with Crippen LogP contribution in [0.4, 0.5) is 13.2 Å². The Morgan fingerprint density at radius 1 is 0.643 bits per heavy atom. The summed E-state index contributed by atoms with van der Waals surface area (Å²) in [6.07, 6.45) is -4.46. The number of halogens is 3. The normalized spacial score (nSPS) is 12.3. The molecule has 0 spiro atoms. The molecule has 0 atom stereocenters. The van der Waals surface area contributed by atoms with Crippen molar-refractivity contribution >= 4 is 21.7 Å². The predicted molar refractivity (Wildman–Crippen MR) is 169 cm³/mol. The van der Waals surface area contributed by atoms with Gasteiger partial charge in [-0.2, -0.15) is 13.2 Å². The van der Waals surface area contributed by atoms with Gasteiger partial charge in [-0.1, -0.05) is 98.8 Å². The smallest absolute Gasteiger partial charge is 0.248 e. The minimum atomic E-state index is -4.33. The Labute approximate surface area is 244 Å². The van der Waals surface area contributed by atoms with Gasteiger partial charge >= 0.3 is 6.18 Å². The van der Waals surface area contributed by atoms with Crippen molar-refractivity contribution in [1.82, 2.24) is 4.98 Å². The Kier molecular flexibility index (Phi) is 6.89. The fourth-order valence-electron chi connectivity index (χ4n) is 5.88. The Balaban J connectivity index is 1.54. The second kappa shape index (κ2) is 10.4. The van der Waals surface area contributed by atoms with Crippen LogP contribution >= 0.6 is 0 Å². The number of aryl methyl sites for hydroxylation is 2. The lowest BCUT2D eigenvalue weighted by Crippen LogP contribution is -2.34. The summed E-state index contributed by atoms with van der Waals surface area (Å²) in [5.41, 5.74) is 7.44. The number of aromatic nitrogens is 1. The molecular formula is C38H32F3N. The molecule has 0 fully saturated rings. The number of nitrogens with zero attached hydrogens (tertiary/aromatic N) is 1. The van der Waals surface area contributed by atoms with Crippen molar-refractivity contribution in [3.63, 3.8) is 0 Å². The highest BCUT2D eigenvalue weighted by atomic mass is 19.4. The molecule has 0 saturated heterocycles. The molecule has 210 valence electrons. The van der Waals surface area contributed by atoms with E-state index in [1.165, 1.54) is 13.8 Å². The molecule has 42 heavy (non-hydrogen) atoms. The van der Waals surface area contributed by atoms with Crippen LogP contribution in [0.3, 0.4) is 0 Å². The van der Waals surface area contributed by atoms with E-state index in [1.807, 2.05) is 62.4 Å². The van der Waals surface area contributed by atoms with Crippen molar-refractivity contribution in [3.8, 4) is 33.5 Å². The van der Waals surface area contributed by atoms with E-state index in [0.717, 1.165) is 60.6 Å². The zero-order valence-electron chi connectivity index (χ0n) is 24.2. The van der Waals surface area contributed by atoms with Crippen LogP contribution in [-0.4, -0.2) is 11.2 Å². The van der Waals surface area contributed by atoms with E-state index in [9.17, 15) is 13.2 Å². The Morgan fingerprint density at radius 2 is 1.29 bits per heavy atom. The van der Waals surface area contributed by atoms with Crippen LogP contribution < -0.4 is 0 Å². The quantitative estimate of drug-likeness (QED) is 0.205. The molecule has 0 unspecified atom stereocenters. The third kappa shape index (κ3) is 5.18. The van der Waals surface area contributed by atoms with E-state index >= 15 is 0 Å². The largest absolute Gasteiger partial charge is 0.394 e. The minimum Gasteiger partial charge on any atom is -0.248 e. The monoisotopic (exact) mass is 559 g/mol. The van der Waals surface area contributed by atoms with Crippen LogP contribution in [0.2, 0.25) is 0 Å². The highest BCUT2D eigenvalue weighted by Crippen LogP contribution is 2.43. The molecule has 0 N–H and O–H groups in total. The first-order chi connectivity index (χ1) is 20.0. The predicted octanol–water partition coefficient (Wildman–Crippen LogP) is 11.1. The summed E-state index contributed by atoms with van der Waals surface area (Å²) >= 11 is 0. The number of benzene rings is 5. The van der Waals surface area contributed by atoms with Gasteiger partial charge in [-0.15, -0.1) is 0 Å². The van der Waals surface area contributed by atoms with E-state index in [1.54, 1.807) is 0 Å². The molecule has 0 radical (unpaired) electrons. The number of pyridine rings is 1. The summed E-state index contributed by atoms with van der Waals surface area (Å²) in [5, 5.41) is 2.97. The SMILES string of the molecule is Cc1cc(C)c2c(CC(C)(C)C(F)(F)F)cc(-c3cc(-c4ccc(-c5ccccc5)cc4)c4ccccc4c3)nc2c1. The minimum absolute atomic E-state index is 0.131. The Morgan fingerprint density at radius 3 is 2.00 bits per heavy atom. The van der Waals surface area contributed by atoms with Crippen LogP contribution in [0.15, 0.2) is 109 Å². The molecule has 0 amide bonds. The molecule has 4 heteroatoms. The Hall–Kier alpha value is -4.44. The van der Waals surface area contributed by atoms with E-state index < -0.39 is 11.6 Å². The summed E-state index contributed by atoms with van der Waals surface area (Å²) in [5.74, 6) is 0. The van der Waals surface area contributed by atoms with E-state index in [4.69, 9.17) is 4.98 Å². The number of rotatable bonds is 5. The van der Waals surface area contributed by atoms with Gasteiger partial charge in [0.25, 0.3) is 0 Å². The average Bonchev–Trinajstić information content (AvgIpc) is 2.96. The summed E-state index contributed by atoms with van der Waals surface area (Å²) in [6.45, 7) is 6.49. The molecular weight excluding hydrogens is 527 g/mol. The first kappa shape index (κ1) is 27.7. The van der Waals surface area contributed by atoms with Crippen LogP contribution in [0.25, 0.3) is 55.2 Å². The standard InChI is InChI=1S/C38H32F3N/c1-24-18-25(2)36-31(23-37(3,4)38(39,40)41)22-34(42-35(36)19-24)30-20-29-12-8-9-13-32(29)33(21-30)28-16-14-27(15-17-28)26-10-6-5-7-11-26/h5-22H,23H2,1-4H3. The van der Waals surface area contributed by atoms with Crippen LogP contribution in [0.5, 0.6) is 0 Å². The third-order valence-electron chi connectivity index (χ3n) is 8.19. The number of alkyl halides is 3. The highest BCUT2D eigenvalue weighted by molar-refractivity contribution is 6.00. The topological polar surface area (TPSA) is 12.9 Å². The third-order valence-corrected chi connectivity index (χ3v) is 8.19. The van der Waals surface area contributed by atoms with E-state index in [2.05, 4.69) is 60.7 Å². The van der Waals surface area contributed by atoms with Gasteiger partial charge in [0.2, 0.25) is 0 Å². The van der Waals surface area contributed by atoms with Crippen molar-refractivity contribution in [3.05, 3.63) is 126 Å². The van der Waals surface area contributed by atoms with Crippen molar-refractivity contribution in [1.29, 1.82) is 0 Å². The first-order valence-corrected chi connectivity index (χ1v) is 14.2. The van der Waals surface area contributed by atoms with Crippen molar-refractivity contribution in [2.45, 2.75) is 40.3 Å². The lowest BCUT2D eigenvalue weighted by molar-refractivity contribution is -0.210.